The summed E-state index contributed by atoms with van der Waals surface area (Å²) in [6, 6.07) is 20.6. The van der Waals surface area contributed by atoms with Crippen molar-refractivity contribution in [1.82, 2.24) is 0 Å². The number of aryl methyl sites for hydroxylation is 1. The third kappa shape index (κ3) is 10.9. The zero-order chi connectivity index (χ0) is 36.3. The highest BCUT2D eigenvalue weighted by molar-refractivity contribution is 7.63. The van der Waals surface area contributed by atoms with E-state index in [-0.39, 0.29) is 28.0 Å². The van der Waals surface area contributed by atoms with Crippen molar-refractivity contribution in [1.29, 1.82) is 0 Å². The van der Waals surface area contributed by atoms with Gasteiger partial charge in [0.15, 0.2) is 0 Å². The normalized spacial score (nSPS) is 18.0. The van der Waals surface area contributed by atoms with E-state index in [9.17, 15) is 18.7 Å². The molecule has 270 valence electrons. The van der Waals surface area contributed by atoms with Crippen LogP contribution in [-0.4, -0.2) is 24.5 Å². The number of rotatable bonds is 17. The molecule has 0 saturated carbocycles. The minimum atomic E-state index is -4.23. The van der Waals surface area contributed by atoms with E-state index in [4.69, 9.17) is 27.6 Å². The van der Waals surface area contributed by atoms with Crippen molar-refractivity contribution in [3.05, 3.63) is 95.6 Å². The van der Waals surface area contributed by atoms with E-state index in [1.54, 1.807) is 60.7 Å². The molecule has 3 aromatic carbocycles. The van der Waals surface area contributed by atoms with Gasteiger partial charge in [-0.25, -0.2) is 9.13 Å². The van der Waals surface area contributed by atoms with E-state index < -0.39 is 39.7 Å². The van der Waals surface area contributed by atoms with E-state index >= 15 is 0 Å². The van der Waals surface area contributed by atoms with Crippen LogP contribution in [0.5, 0.6) is 11.5 Å². The second-order valence-corrected chi connectivity index (χ2v) is 16.2. The number of unbranched alkanes of at least 4 members (excludes halogenated alkanes) is 2. The third-order valence-corrected chi connectivity index (χ3v) is 11.9. The van der Waals surface area contributed by atoms with Gasteiger partial charge in [0.1, 0.15) is 11.5 Å². The fourth-order valence-electron chi connectivity index (χ4n) is 5.89. The first-order valence-electron chi connectivity index (χ1n) is 17.1. The first-order valence-corrected chi connectivity index (χ1v) is 20.2. The highest BCUT2D eigenvalue weighted by Crippen LogP contribution is 2.56. The molecule has 5 unspecified atom stereocenters. The Morgan fingerprint density at radius 2 is 1.26 bits per heavy atom. The van der Waals surface area contributed by atoms with Gasteiger partial charge in [-0.15, -0.1) is 0 Å². The summed E-state index contributed by atoms with van der Waals surface area (Å²) in [5, 5.41) is 0.514. The van der Waals surface area contributed by atoms with Crippen LogP contribution >= 0.6 is 15.2 Å². The monoisotopic (exact) mass is 726 g/mol. The molecule has 3 aromatic rings. The number of esters is 2. The van der Waals surface area contributed by atoms with Gasteiger partial charge in [0.2, 0.25) is 12.6 Å². The second kappa shape index (κ2) is 18.0. The number of hydrogen-bond donors (Lipinski definition) is 0. The van der Waals surface area contributed by atoms with Gasteiger partial charge in [-0.2, -0.15) is 0 Å². The molecule has 0 amide bonds. The van der Waals surface area contributed by atoms with Crippen LogP contribution in [0.1, 0.15) is 97.1 Å². The van der Waals surface area contributed by atoms with Crippen LogP contribution in [0.3, 0.4) is 0 Å². The molecular formula is C38H48O10P2. The number of ether oxygens (including phenoxy) is 2. The average molecular weight is 727 g/mol. The molecule has 0 radical (unpaired) electrons. The topological polar surface area (TPSA) is 124 Å². The predicted molar refractivity (Wildman–Crippen MR) is 193 cm³/mol. The summed E-state index contributed by atoms with van der Waals surface area (Å²) in [4.78, 5) is 23.6. The lowest BCUT2D eigenvalue weighted by Gasteiger charge is -2.30. The molecule has 4 rings (SSSR count). The molecule has 12 heteroatoms. The van der Waals surface area contributed by atoms with E-state index in [0.717, 1.165) is 43.2 Å². The van der Waals surface area contributed by atoms with Crippen LogP contribution in [-0.2, 0) is 43.7 Å². The Balaban J connectivity index is 1.95. The van der Waals surface area contributed by atoms with Crippen LogP contribution < -0.4 is 19.7 Å². The third-order valence-electron chi connectivity index (χ3n) is 8.00. The van der Waals surface area contributed by atoms with Crippen molar-refractivity contribution in [3.63, 3.8) is 0 Å². The van der Waals surface area contributed by atoms with Crippen molar-refractivity contribution in [2.75, 3.05) is 0 Å². The van der Waals surface area contributed by atoms with E-state index in [2.05, 4.69) is 13.0 Å². The van der Waals surface area contributed by atoms with Crippen LogP contribution in [0.25, 0.3) is 0 Å². The summed E-state index contributed by atoms with van der Waals surface area (Å²) >= 11 is 0. The molecule has 0 saturated heterocycles. The molecule has 5 atom stereocenters. The number of benzene rings is 3. The lowest BCUT2D eigenvalue weighted by Crippen LogP contribution is -2.22. The Bertz CT molecular complexity index is 1620. The van der Waals surface area contributed by atoms with Crippen molar-refractivity contribution >= 4 is 37.7 Å². The smallest absolute Gasteiger partial charge is 0.413 e. The van der Waals surface area contributed by atoms with Crippen molar-refractivity contribution < 1.29 is 46.3 Å². The minimum absolute atomic E-state index is 0.222. The summed E-state index contributed by atoms with van der Waals surface area (Å²) in [7, 11) is -8.46. The molecule has 1 aliphatic carbocycles. The van der Waals surface area contributed by atoms with Crippen molar-refractivity contribution in [3.8, 4) is 11.5 Å². The van der Waals surface area contributed by atoms with Gasteiger partial charge >= 0.3 is 27.1 Å². The Hall–Kier alpha value is -3.68. The summed E-state index contributed by atoms with van der Waals surface area (Å²) < 4.78 is 65.2. The average Bonchev–Trinajstić information content (AvgIpc) is 3.04. The summed E-state index contributed by atoms with van der Waals surface area (Å²) in [6.07, 6.45) is 5.65. The number of carbonyl (C=O) groups excluding carboxylic acids is 2. The van der Waals surface area contributed by atoms with Gasteiger partial charge in [-0.05, 0) is 94.8 Å². The molecule has 0 aromatic heterocycles. The largest absolute Gasteiger partial charge is 0.436 e. The highest BCUT2D eigenvalue weighted by Gasteiger charge is 2.38. The number of allylic oxidation sites excluding steroid dienone is 2. The van der Waals surface area contributed by atoms with Gasteiger partial charge in [0, 0.05) is 25.3 Å². The maximum atomic E-state index is 14.9. The summed E-state index contributed by atoms with van der Waals surface area (Å²) in [5.74, 6) is -1.04. The molecule has 0 aliphatic heterocycles. The molecule has 0 bridgehead atoms. The molecule has 0 spiro atoms. The molecule has 0 N–H and O–H groups in total. The van der Waals surface area contributed by atoms with Crippen LogP contribution in [0.15, 0.2) is 84.4 Å². The Morgan fingerprint density at radius 3 is 1.68 bits per heavy atom. The van der Waals surface area contributed by atoms with Crippen LogP contribution in [0.4, 0.5) is 0 Å². The molecule has 0 fully saturated rings. The molecule has 0 heterocycles. The molecular weight excluding hydrogens is 678 g/mol. The molecule has 10 nitrogen and oxygen atoms in total. The predicted octanol–water partition coefficient (Wildman–Crippen LogP) is 9.28. The standard InChI is InChI=1S/C38H48O10P2/c1-7-8-11-18-32-25-36(47-49(41,34-20-12-9-13-21-34)45-30(5)43-28(3)39)38(33-19-16-17-27(2)24-33)37(26-32)48-50(42,35-22-14-10-15-23-35)46-31(6)44-29(4)40/h9-10,12-15,20-26,30-31,33H,7-8,11,16-19H2,1-6H3. The van der Waals surface area contributed by atoms with Gasteiger partial charge in [-0.3, -0.25) is 18.6 Å². The van der Waals surface area contributed by atoms with Crippen molar-refractivity contribution in [2.24, 2.45) is 0 Å². The number of hydrogen-bond acceptors (Lipinski definition) is 10. The van der Waals surface area contributed by atoms with E-state index in [1.807, 2.05) is 19.1 Å². The minimum Gasteiger partial charge on any atom is -0.436 e. The second-order valence-electron chi connectivity index (χ2n) is 12.4. The summed E-state index contributed by atoms with van der Waals surface area (Å²) in [6.45, 7) is 9.58. The van der Waals surface area contributed by atoms with Crippen LogP contribution in [0, 0.1) is 0 Å². The Labute approximate surface area is 295 Å². The maximum absolute atomic E-state index is 14.9. The fourth-order valence-corrected chi connectivity index (χ4v) is 9.19. The lowest BCUT2D eigenvalue weighted by atomic mass is 9.84. The van der Waals surface area contributed by atoms with E-state index in [1.165, 1.54) is 27.7 Å². The van der Waals surface area contributed by atoms with Gasteiger partial charge in [-0.1, -0.05) is 67.8 Å². The fraction of sp³-hybridized carbons (Fsp3) is 0.421. The quantitative estimate of drug-likeness (QED) is 0.0437. The van der Waals surface area contributed by atoms with Gasteiger partial charge < -0.3 is 18.5 Å². The Kier molecular flexibility index (Phi) is 14.1. The van der Waals surface area contributed by atoms with Crippen molar-refractivity contribution in [2.45, 2.75) is 105 Å². The van der Waals surface area contributed by atoms with Gasteiger partial charge in [0.05, 0.1) is 10.6 Å². The maximum Gasteiger partial charge on any atom is 0.413 e. The summed E-state index contributed by atoms with van der Waals surface area (Å²) in [5.41, 5.74) is 2.47. The van der Waals surface area contributed by atoms with E-state index in [0.29, 0.717) is 18.4 Å². The zero-order valence-corrected chi connectivity index (χ0v) is 31.5. The highest BCUT2D eigenvalue weighted by atomic mass is 31.2. The SMILES string of the molecule is CCCCCc1cc(OP(=O)(OC(C)OC(C)=O)c2ccccc2)c(C2C=C(C)CCC2)c(OP(=O)(OC(C)OC(C)=O)c2ccccc2)c1. The molecule has 50 heavy (non-hydrogen) atoms. The lowest BCUT2D eigenvalue weighted by molar-refractivity contribution is -0.159. The Morgan fingerprint density at radius 1 is 0.780 bits per heavy atom. The first kappa shape index (κ1) is 39.1. The first-order chi connectivity index (χ1) is 23.8. The van der Waals surface area contributed by atoms with Gasteiger partial charge in [0.25, 0.3) is 0 Å². The number of carbonyl (C=O) groups is 2. The zero-order valence-electron chi connectivity index (χ0n) is 29.7. The molecule has 1 aliphatic rings. The van der Waals surface area contributed by atoms with Crippen LogP contribution in [0.2, 0.25) is 0 Å².